The number of likely N-dealkylation sites (tertiary alicyclic amines) is 1. The molecule has 3 fully saturated rings. The number of nitrogens with one attached hydrogen (secondary N) is 1. The topological polar surface area (TPSA) is 92.5 Å². The van der Waals surface area contributed by atoms with E-state index in [1.165, 1.54) is 0 Å². The van der Waals surface area contributed by atoms with Gasteiger partial charge in [0.2, 0.25) is 15.9 Å². The van der Waals surface area contributed by atoms with Gasteiger partial charge < -0.3 is 10.6 Å². The monoisotopic (exact) mass is 343 g/mol. The Hall–Kier alpha value is -0.660. The molecule has 1 aliphatic heterocycles. The van der Waals surface area contributed by atoms with Gasteiger partial charge in [-0.15, -0.1) is 0 Å². The Bertz CT molecular complexity index is 539. The smallest absolute Gasteiger partial charge is 0.225 e. The largest absolute Gasteiger partial charge is 0.341 e. The van der Waals surface area contributed by atoms with Gasteiger partial charge >= 0.3 is 0 Å². The van der Waals surface area contributed by atoms with Crippen LogP contribution >= 0.6 is 0 Å². The molecule has 2 aliphatic carbocycles. The molecule has 3 N–H and O–H groups in total. The van der Waals surface area contributed by atoms with Crippen molar-refractivity contribution in [2.24, 2.45) is 11.7 Å². The number of sulfonamides is 1. The number of hydrogen-bond acceptors (Lipinski definition) is 4. The second-order valence-corrected chi connectivity index (χ2v) is 9.66. The van der Waals surface area contributed by atoms with Gasteiger partial charge in [-0.3, -0.25) is 4.79 Å². The average Bonchev–Trinajstić information content (AvgIpc) is 3.05. The second-order valence-electron chi connectivity index (χ2n) is 7.61. The van der Waals surface area contributed by atoms with Gasteiger partial charge in [0, 0.05) is 31.1 Å². The molecular weight excluding hydrogens is 314 g/mol. The first-order chi connectivity index (χ1) is 10.9. The van der Waals surface area contributed by atoms with E-state index in [-0.39, 0.29) is 17.4 Å². The van der Waals surface area contributed by atoms with Crippen LogP contribution in [0.15, 0.2) is 0 Å². The summed E-state index contributed by atoms with van der Waals surface area (Å²) in [4.78, 5) is 14.3. The van der Waals surface area contributed by atoms with Crippen LogP contribution in [0.3, 0.4) is 0 Å². The van der Waals surface area contributed by atoms with Crippen LogP contribution in [0.5, 0.6) is 0 Å². The van der Waals surface area contributed by atoms with Crippen LogP contribution in [0.4, 0.5) is 0 Å². The summed E-state index contributed by atoms with van der Waals surface area (Å²) in [5, 5.41) is -0.495. The molecule has 3 aliphatic rings. The zero-order valence-corrected chi connectivity index (χ0v) is 14.6. The van der Waals surface area contributed by atoms with E-state index in [4.69, 9.17) is 5.73 Å². The molecule has 0 aromatic heterocycles. The average molecular weight is 343 g/mol. The highest BCUT2D eigenvalue weighted by atomic mass is 32.2. The normalized spacial score (nSPS) is 28.6. The molecule has 1 amide bonds. The Balaban J connectivity index is 1.57. The Kier molecular flexibility index (Phi) is 4.99. The molecule has 0 aromatic rings. The van der Waals surface area contributed by atoms with E-state index in [1.807, 2.05) is 0 Å². The maximum atomic E-state index is 12.6. The van der Waals surface area contributed by atoms with E-state index < -0.39 is 15.3 Å². The molecule has 1 saturated heterocycles. The summed E-state index contributed by atoms with van der Waals surface area (Å²) in [5.74, 6) is 0.281. The van der Waals surface area contributed by atoms with Gasteiger partial charge in [0.25, 0.3) is 0 Å². The number of carbonyl (C=O) groups excluding carboxylic acids is 1. The van der Waals surface area contributed by atoms with E-state index in [0.29, 0.717) is 26.1 Å². The number of rotatable bonds is 5. The van der Waals surface area contributed by atoms with Crippen molar-refractivity contribution in [2.75, 3.05) is 19.6 Å². The fourth-order valence-corrected chi connectivity index (χ4v) is 5.57. The summed E-state index contributed by atoms with van der Waals surface area (Å²) >= 11 is 0. The van der Waals surface area contributed by atoms with Gasteiger partial charge in [0.1, 0.15) is 0 Å². The van der Waals surface area contributed by atoms with Crippen LogP contribution in [-0.2, 0) is 14.8 Å². The summed E-state index contributed by atoms with van der Waals surface area (Å²) in [5.41, 5.74) is 5.75. The molecule has 0 spiro atoms. The lowest BCUT2D eigenvalue weighted by Crippen LogP contribution is -2.57. The predicted octanol–water partition coefficient (Wildman–Crippen LogP) is 0.968. The molecule has 7 heteroatoms. The number of carbonyl (C=O) groups is 1. The first kappa shape index (κ1) is 17.2. The van der Waals surface area contributed by atoms with E-state index in [1.54, 1.807) is 4.90 Å². The third-order valence-corrected chi connectivity index (χ3v) is 7.62. The minimum Gasteiger partial charge on any atom is -0.341 e. The number of hydrogen-bond donors (Lipinski definition) is 2. The second kappa shape index (κ2) is 6.69. The maximum absolute atomic E-state index is 12.6. The van der Waals surface area contributed by atoms with Crippen LogP contribution < -0.4 is 10.5 Å². The Morgan fingerprint density at radius 2 is 1.83 bits per heavy atom. The molecule has 1 heterocycles. The van der Waals surface area contributed by atoms with Crippen LogP contribution in [0.2, 0.25) is 0 Å². The summed E-state index contributed by atoms with van der Waals surface area (Å²) < 4.78 is 27.8. The molecule has 6 nitrogen and oxygen atoms in total. The quantitative estimate of drug-likeness (QED) is 0.778. The molecule has 1 atom stereocenters. The van der Waals surface area contributed by atoms with Gasteiger partial charge in [0.15, 0.2) is 0 Å². The third kappa shape index (κ3) is 3.88. The van der Waals surface area contributed by atoms with Crippen molar-refractivity contribution in [3.8, 4) is 0 Å². The van der Waals surface area contributed by atoms with Crippen LogP contribution in [0, 0.1) is 5.92 Å². The number of amides is 1. The molecular formula is C16H29N3O3S. The van der Waals surface area contributed by atoms with E-state index in [0.717, 1.165) is 51.4 Å². The number of nitrogens with zero attached hydrogens (tertiary/aromatic N) is 1. The SMILES string of the molecule is NC1(CNS(=O)(=O)C2CCCN(C(=O)C3CCCC3)C2)CCC1. The summed E-state index contributed by atoms with van der Waals surface area (Å²) in [7, 11) is -3.41. The Morgan fingerprint density at radius 1 is 1.13 bits per heavy atom. The minimum atomic E-state index is -3.41. The van der Waals surface area contributed by atoms with Crippen LogP contribution in [0.25, 0.3) is 0 Å². The molecule has 132 valence electrons. The molecule has 2 saturated carbocycles. The van der Waals surface area contributed by atoms with Crippen molar-refractivity contribution in [1.29, 1.82) is 0 Å². The summed E-state index contributed by atoms with van der Waals surface area (Å²) in [6, 6.07) is 0. The van der Waals surface area contributed by atoms with Gasteiger partial charge in [0.05, 0.1) is 5.25 Å². The van der Waals surface area contributed by atoms with Gasteiger partial charge in [-0.25, -0.2) is 13.1 Å². The molecule has 1 unspecified atom stereocenters. The highest BCUT2D eigenvalue weighted by Crippen LogP contribution is 2.30. The number of piperidine rings is 1. The molecule has 0 aromatic carbocycles. The first-order valence-corrected chi connectivity index (χ1v) is 10.5. The summed E-state index contributed by atoms with van der Waals surface area (Å²) in [6.07, 6.45) is 8.38. The van der Waals surface area contributed by atoms with E-state index in [2.05, 4.69) is 4.72 Å². The third-order valence-electron chi connectivity index (χ3n) is 5.81. The van der Waals surface area contributed by atoms with Gasteiger partial charge in [-0.1, -0.05) is 12.8 Å². The fraction of sp³-hybridized carbons (Fsp3) is 0.938. The lowest BCUT2D eigenvalue weighted by Gasteiger charge is -2.39. The molecule has 0 bridgehead atoms. The molecule has 3 rings (SSSR count). The highest BCUT2D eigenvalue weighted by molar-refractivity contribution is 7.90. The Labute approximate surface area is 139 Å². The minimum absolute atomic E-state index is 0.117. The molecule has 0 radical (unpaired) electrons. The van der Waals surface area contributed by atoms with Crippen molar-refractivity contribution in [3.63, 3.8) is 0 Å². The zero-order valence-electron chi connectivity index (χ0n) is 13.8. The molecule has 23 heavy (non-hydrogen) atoms. The van der Waals surface area contributed by atoms with Crippen LogP contribution in [0.1, 0.15) is 57.8 Å². The zero-order chi connectivity index (χ0) is 16.5. The van der Waals surface area contributed by atoms with E-state index in [9.17, 15) is 13.2 Å². The Morgan fingerprint density at radius 3 is 2.43 bits per heavy atom. The number of nitrogens with two attached hydrogens (primary N) is 1. The van der Waals surface area contributed by atoms with Crippen molar-refractivity contribution in [2.45, 2.75) is 68.6 Å². The lowest BCUT2D eigenvalue weighted by atomic mass is 9.78. The standard InChI is InChI=1S/C16H29N3O3S/c17-16(8-4-9-16)12-18-23(21,22)14-7-3-10-19(11-14)15(20)13-5-1-2-6-13/h13-14,18H,1-12,17H2. The first-order valence-electron chi connectivity index (χ1n) is 8.96. The van der Waals surface area contributed by atoms with Gasteiger partial charge in [-0.05, 0) is 44.9 Å². The lowest BCUT2D eigenvalue weighted by molar-refractivity contribution is -0.136. The maximum Gasteiger partial charge on any atom is 0.225 e. The highest BCUT2D eigenvalue weighted by Gasteiger charge is 2.38. The van der Waals surface area contributed by atoms with E-state index >= 15 is 0 Å². The van der Waals surface area contributed by atoms with Crippen LogP contribution in [-0.4, -0.2) is 49.6 Å². The predicted molar refractivity (Wildman–Crippen MR) is 89.3 cm³/mol. The van der Waals surface area contributed by atoms with Crippen molar-refractivity contribution in [3.05, 3.63) is 0 Å². The van der Waals surface area contributed by atoms with Crippen molar-refractivity contribution >= 4 is 15.9 Å². The van der Waals surface area contributed by atoms with Crippen molar-refractivity contribution in [1.82, 2.24) is 9.62 Å². The summed E-state index contributed by atoms with van der Waals surface area (Å²) in [6.45, 7) is 1.35. The van der Waals surface area contributed by atoms with Crippen molar-refractivity contribution < 1.29 is 13.2 Å². The van der Waals surface area contributed by atoms with Gasteiger partial charge in [-0.2, -0.15) is 0 Å². The fourth-order valence-electron chi connectivity index (χ4n) is 3.99.